The Labute approximate surface area is 220 Å². The first-order chi connectivity index (χ1) is 17.7. The average Bonchev–Trinajstić information content (AvgIpc) is 3.21. The van der Waals surface area contributed by atoms with Crippen LogP contribution in [0.2, 0.25) is 10.0 Å². The van der Waals surface area contributed by atoms with Gasteiger partial charge in [0.15, 0.2) is 6.10 Å². The molecule has 4 rings (SSSR count). The molecule has 0 unspecified atom stereocenters. The number of non-ortho nitro benzene ring substituents is 1. The Kier molecular flexibility index (Phi) is 7.75. The Hall–Kier alpha value is -4.35. The summed E-state index contributed by atoms with van der Waals surface area (Å²) in [4.78, 5) is 49.5. The third kappa shape index (κ3) is 6.08. The summed E-state index contributed by atoms with van der Waals surface area (Å²) in [6.07, 6.45) is -2.94. The minimum absolute atomic E-state index is 0.169. The minimum atomic E-state index is -1.10. The molecule has 0 saturated carbocycles. The van der Waals surface area contributed by atoms with Gasteiger partial charge >= 0.3 is 18.2 Å². The number of halogens is 2. The molecule has 11 nitrogen and oxygen atoms in total. The number of rotatable bonds is 6. The maximum atomic E-state index is 13.0. The summed E-state index contributed by atoms with van der Waals surface area (Å²) in [6, 6.07) is 16.0. The van der Waals surface area contributed by atoms with Crippen LogP contribution in [-0.2, 0) is 9.47 Å². The number of amides is 4. The SMILES string of the molecule is O=C(Nc1ccccc1Cl)OC[C@H]1[C@H](c2ccc([N+](=O)[O-])cc2)OC(=O)N1C(=O)Nc1ccc(Cl)cc1. The van der Waals surface area contributed by atoms with E-state index in [9.17, 15) is 24.5 Å². The number of hydrogen-bond acceptors (Lipinski definition) is 7. The Balaban J connectivity index is 1.55. The largest absolute Gasteiger partial charge is 0.447 e. The number of hydrogen-bond donors (Lipinski definition) is 2. The summed E-state index contributed by atoms with van der Waals surface area (Å²) in [5.74, 6) is 0. The lowest BCUT2D eigenvalue weighted by Crippen LogP contribution is -2.45. The highest BCUT2D eigenvalue weighted by Crippen LogP contribution is 2.34. The van der Waals surface area contributed by atoms with Gasteiger partial charge in [-0.25, -0.2) is 19.3 Å². The fourth-order valence-electron chi connectivity index (χ4n) is 3.57. The highest BCUT2D eigenvalue weighted by molar-refractivity contribution is 6.33. The number of nitro benzene ring substituents is 1. The molecule has 1 aliphatic heterocycles. The lowest BCUT2D eigenvalue weighted by atomic mass is 10.0. The number of benzene rings is 3. The van der Waals surface area contributed by atoms with Crippen LogP contribution in [-0.4, -0.2) is 40.7 Å². The second kappa shape index (κ2) is 11.1. The van der Waals surface area contributed by atoms with Crippen molar-refractivity contribution in [1.29, 1.82) is 0 Å². The number of cyclic esters (lactones) is 1. The summed E-state index contributed by atoms with van der Waals surface area (Å²) >= 11 is 11.9. The number of nitro groups is 1. The molecule has 4 amide bonds. The third-order valence-electron chi connectivity index (χ3n) is 5.35. The Morgan fingerprint density at radius 3 is 2.32 bits per heavy atom. The Morgan fingerprint density at radius 1 is 1.00 bits per heavy atom. The van der Waals surface area contributed by atoms with Gasteiger partial charge in [-0.05, 0) is 54.1 Å². The molecule has 2 N–H and O–H groups in total. The van der Waals surface area contributed by atoms with E-state index in [4.69, 9.17) is 32.7 Å². The van der Waals surface area contributed by atoms with Gasteiger partial charge in [-0.3, -0.25) is 15.4 Å². The second-order valence-electron chi connectivity index (χ2n) is 7.73. The third-order valence-corrected chi connectivity index (χ3v) is 5.93. The number of para-hydroxylation sites is 1. The normalized spacial score (nSPS) is 16.6. The van der Waals surface area contributed by atoms with E-state index >= 15 is 0 Å². The lowest BCUT2D eigenvalue weighted by molar-refractivity contribution is -0.384. The number of urea groups is 1. The Morgan fingerprint density at radius 2 is 1.68 bits per heavy atom. The quantitative estimate of drug-likeness (QED) is 0.276. The van der Waals surface area contributed by atoms with Gasteiger partial charge in [0.25, 0.3) is 5.69 Å². The lowest BCUT2D eigenvalue weighted by Gasteiger charge is -2.23. The highest BCUT2D eigenvalue weighted by Gasteiger charge is 2.47. The fraction of sp³-hybridized carbons (Fsp3) is 0.125. The van der Waals surface area contributed by atoms with E-state index in [2.05, 4.69) is 10.6 Å². The van der Waals surface area contributed by atoms with Gasteiger partial charge < -0.3 is 14.8 Å². The van der Waals surface area contributed by atoms with Crippen molar-refractivity contribution in [3.63, 3.8) is 0 Å². The molecule has 1 fully saturated rings. The number of carbonyl (C=O) groups excluding carboxylic acids is 3. The van der Waals surface area contributed by atoms with Crippen LogP contribution in [0.4, 0.5) is 31.4 Å². The monoisotopic (exact) mass is 544 g/mol. The van der Waals surface area contributed by atoms with Crippen LogP contribution in [0.15, 0.2) is 72.8 Å². The van der Waals surface area contributed by atoms with Crippen molar-refractivity contribution >= 4 is 58.5 Å². The van der Waals surface area contributed by atoms with E-state index in [1.165, 1.54) is 36.4 Å². The molecule has 0 aromatic heterocycles. The van der Waals surface area contributed by atoms with Crippen LogP contribution in [0.1, 0.15) is 11.7 Å². The first kappa shape index (κ1) is 25.7. The number of nitrogens with zero attached hydrogens (tertiary/aromatic N) is 2. The van der Waals surface area contributed by atoms with Gasteiger partial charge in [-0.1, -0.05) is 35.3 Å². The fourth-order valence-corrected chi connectivity index (χ4v) is 3.88. The predicted octanol–water partition coefficient (Wildman–Crippen LogP) is 6.24. The van der Waals surface area contributed by atoms with Crippen molar-refractivity contribution in [3.8, 4) is 0 Å². The number of imide groups is 1. The van der Waals surface area contributed by atoms with E-state index in [-0.39, 0.29) is 10.7 Å². The van der Waals surface area contributed by atoms with E-state index in [0.29, 0.717) is 22.0 Å². The van der Waals surface area contributed by atoms with E-state index in [0.717, 1.165) is 4.90 Å². The molecule has 37 heavy (non-hydrogen) atoms. The highest BCUT2D eigenvalue weighted by atomic mass is 35.5. The van der Waals surface area contributed by atoms with Crippen LogP contribution in [0, 0.1) is 10.1 Å². The van der Waals surface area contributed by atoms with Crippen molar-refractivity contribution in [3.05, 3.63) is 98.5 Å². The van der Waals surface area contributed by atoms with Crippen molar-refractivity contribution in [2.45, 2.75) is 12.1 Å². The maximum absolute atomic E-state index is 13.0. The topological polar surface area (TPSA) is 140 Å². The Bertz CT molecular complexity index is 1340. The van der Waals surface area contributed by atoms with Gasteiger partial charge in [0.05, 0.1) is 15.6 Å². The number of anilines is 2. The maximum Gasteiger partial charge on any atom is 0.419 e. The van der Waals surface area contributed by atoms with Crippen molar-refractivity contribution in [1.82, 2.24) is 4.90 Å². The van der Waals surface area contributed by atoms with Gasteiger partial charge in [0.2, 0.25) is 0 Å². The number of ether oxygens (including phenoxy) is 2. The van der Waals surface area contributed by atoms with Crippen LogP contribution in [0.5, 0.6) is 0 Å². The average molecular weight is 545 g/mol. The molecule has 190 valence electrons. The van der Waals surface area contributed by atoms with Crippen LogP contribution in [0.25, 0.3) is 0 Å². The van der Waals surface area contributed by atoms with Gasteiger partial charge in [0.1, 0.15) is 12.6 Å². The van der Waals surface area contributed by atoms with Crippen molar-refractivity contribution in [2.75, 3.05) is 17.2 Å². The number of carbonyl (C=O) groups is 3. The van der Waals surface area contributed by atoms with Crippen molar-refractivity contribution < 1.29 is 28.8 Å². The summed E-state index contributed by atoms with van der Waals surface area (Å²) < 4.78 is 10.7. The zero-order chi connectivity index (χ0) is 26.5. The van der Waals surface area contributed by atoms with Crippen molar-refractivity contribution in [2.24, 2.45) is 0 Å². The molecule has 3 aromatic carbocycles. The van der Waals surface area contributed by atoms with E-state index in [1.807, 2.05) is 0 Å². The van der Waals surface area contributed by atoms with Crippen LogP contribution in [0.3, 0.4) is 0 Å². The standard InChI is InChI=1S/C24H18Cl2N4O7/c25-15-7-9-16(10-8-15)27-22(31)29-20(13-36-23(32)28-19-4-2-1-3-18(19)26)21(37-24(29)33)14-5-11-17(12-6-14)30(34)35/h1-12,20-21H,13H2,(H,27,31)(H,28,32)/t20-,21-/m0/s1. The van der Waals surface area contributed by atoms with Crippen LogP contribution >= 0.6 is 23.2 Å². The van der Waals surface area contributed by atoms with Gasteiger partial charge in [0, 0.05) is 22.8 Å². The molecule has 0 aliphatic carbocycles. The van der Waals surface area contributed by atoms with Gasteiger partial charge in [-0.2, -0.15) is 0 Å². The molecule has 0 spiro atoms. The molecular formula is C24H18Cl2N4O7. The molecule has 1 aliphatic rings. The second-order valence-corrected chi connectivity index (χ2v) is 8.57. The molecule has 13 heteroatoms. The summed E-state index contributed by atoms with van der Waals surface area (Å²) in [5, 5.41) is 16.8. The molecule has 1 saturated heterocycles. The molecule has 2 atom stereocenters. The molecule has 1 heterocycles. The molecule has 0 radical (unpaired) electrons. The predicted molar refractivity (Wildman–Crippen MR) is 135 cm³/mol. The van der Waals surface area contributed by atoms with E-state index in [1.54, 1.807) is 36.4 Å². The molecule has 0 bridgehead atoms. The number of nitrogens with one attached hydrogen (secondary N) is 2. The first-order valence-electron chi connectivity index (χ1n) is 10.7. The smallest absolute Gasteiger partial charge is 0.419 e. The van der Waals surface area contributed by atoms with Gasteiger partial charge in [-0.15, -0.1) is 0 Å². The molecular weight excluding hydrogens is 527 g/mol. The molecule has 3 aromatic rings. The summed E-state index contributed by atoms with van der Waals surface area (Å²) in [5.41, 5.74) is 0.854. The summed E-state index contributed by atoms with van der Waals surface area (Å²) in [6.45, 7) is -0.447. The summed E-state index contributed by atoms with van der Waals surface area (Å²) in [7, 11) is 0. The minimum Gasteiger partial charge on any atom is -0.447 e. The first-order valence-corrected chi connectivity index (χ1v) is 11.5. The van der Waals surface area contributed by atoms with Crippen LogP contribution < -0.4 is 10.6 Å². The van der Waals surface area contributed by atoms with E-state index < -0.39 is 41.9 Å². The zero-order valence-corrected chi connectivity index (χ0v) is 20.3. The zero-order valence-electron chi connectivity index (χ0n) is 18.8.